The van der Waals surface area contributed by atoms with Crippen molar-refractivity contribution in [3.05, 3.63) is 71.4 Å². The van der Waals surface area contributed by atoms with Gasteiger partial charge in [0, 0.05) is 29.2 Å². The maximum Gasteiger partial charge on any atom is 0.337 e. The first-order valence-electron chi connectivity index (χ1n) is 8.58. The molecule has 25 heavy (non-hydrogen) atoms. The Hall–Kier alpha value is -2.59. The van der Waals surface area contributed by atoms with E-state index in [2.05, 4.69) is 48.4 Å². The molecule has 2 atom stereocenters. The second kappa shape index (κ2) is 7.53. The number of esters is 1. The fraction of sp³-hybridized carbons (Fsp3) is 0.286. The summed E-state index contributed by atoms with van der Waals surface area (Å²) in [5, 5.41) is 4.80. The molecule has 0 aliphatic carbocycles. The molecule has 0 saturated carbocycles. The van der Waals surface area contributed by atoms with Crippen molar-refractivity contribution in [1.82, 2.24) is 10.3 Å². The van der Waals surface area contributed by atoms with Crippen LogP contribution in [0.1, 0.15) is 41.4 Å². The molecule has 1 aromatic heterocycles. The van der Waals surface area contributed by atoms with Crippen molar-refractivity contribution >= 4 is 16.9 Å². The number of carbonyl (C=O) groups is 1. The van der Waals surface area contributed by atoms with Gasteiger partial charge in [-0.3, -0.25) is 0 Å². The van der Waals surface area contributed by atoms with Crippen molar-refractivity contribution < 1.29 is 9.53 Å². The third kappa shape index (κ3) is 3.91. The van der Waals surface area contributed by atoms with E-state index in [1.54, 1.807) is 0 Å². The molecule has 0 aliphatic heterocycles. The van der Waals surface area contributed by atoms with Gasteiger partial charge in [-0.05, 0) is 43.5 Å². The number of nitrogens with one attached hydrogen (secondary N) is 2. The molecule has 4 nitrogen and oxygen atoms in total. The van der Waals surface area contributed by atoms with Gasteiger partial charge in [0.05, 0.1) is 12.7 Å². The van der Waals surface area contributed by atoms with E-state index >= 15 is 0 Å². The van der Waals surface area contributed by atoms with Crippen LogP contribution in [0.3, 0.4) is 0 Å². The van der Waals surface area contributed by atoms with Crippen LogP contribution in [0.2, 0.25) is 0 Å². The molecule has 0 amide bonds. The predicted molar refractivity (Wildman–Crippen MR) is 101 cm³/mol. The lowest BCUT2D eigenvalue weighted by Gasteiger charge is -2.20. The largest absolute Gasteiger partial charge is 0.465 e. The highest BCUT2D eigenvalue weighted by atomic mass is 16.5. The monoisotopic (exact) mass is 336 g/mol. The number of aromatic nitrogens is 1. The number of aromatic amines is 1. The third-order valence-corrected chi connectivity index (χ3v) is 4.55. The van der Waals surface area contributed by atoms with Crippen molar-refractivity contribution in [2.45, 2.75) is 32.4 Å². The van der Waals surface area contributed by atoms with Crippen LogP contribution < -0.4 is 5.32 Å². The van der Waals surface area contributed by atoms with E-state index in [0.717, 1.165) is 17.3 Å². The number of hydrogen-bond donors (Lipinski definition) is 2. The predicted octanol–water partition coefficient (Wildman–Crippen LogP) is 4.24. The zero-order chi connectivity index (χ0) is 17.8. The Kier molecular flexibility index (Phi) is 5.19. The number of carbonyl (C=O) groups excluding carboxylic acids is 1. The van der Waals surface area contributed by atoms with Crippen LogP contribution >= 0.6 is 0 Å². The van der Waals surface area contributed by atoms with Crippen molar-refractivity contribution in [3.8, 4) is 0 Å². The molecular formula is C21H24N2O2. The lowest BCUT2D eigenvalue weighted by atomic mass is 10.0. The summed E-state index contributed by atoms with van der Waals surface area (Å²) in [6.45, 7) is 4.38. The molecule has 0 bridgehead atoms. The van der Waals surface area contributed by atoms with Crippen molar-refractivity contribution in [1.29, 1.82) is 0 Å². The zero-order valence-corrected chi connectivity index (χ0v) is 14.9. The standard InChI is InChI=1S/C21H24N2O2/c1-14(23-15(2)16-7-5-4-6-8-16)11-18-13-22-20-12-17(21(24)25-3)9-10-19(18)20/h4-10,12-15,22-23H,11H2,1-3H3. The third-order valence-electron chi connectivity index (χ3n) is 4.55. The van der Waals surface area contributed by atoms with E-state index in [0.29, 0.717) is 17.6 Å². The van der Waals surface area contributed by atoms with Gasteiger partial charge in [-0.15, -0.1) is 0 Å². The van der Waals surface area contributed by atoms with E-state index < -0.39 is 0 Å². The fourth-order valence-corrected chi connectivity index (χ4v) is 3.25. The van der Waals surface area contributed by atoms with Gasteiger partial charge in [0.15, 0.2) is 0 Å². The van der Waals surface area contributed by atoms with Gasteiger partial charge in [0.1, 0.15) is 0 Å². The van der Waals surface area contributed by atoms with Gasteiger partial charge in [0.25, 0.3) is 0 Å². The van der Waals surface area contributed by atoms with Crippen LogP contribution in [-0.4, -0.2) is 24.1 Å². The number of fused-ring (bicyclic) bond motifs is 1. The van der Waals surface area contributed by atoms with Gasteiger partial charge >= 0.3 is 5.97 Å². The quantitative estimate of drug-likeness (QED) is 0.662. The molecule has 2 aromatic carbocycles. The van der Waals surface area contributed by atoms with Gasteiger partial charge in [0.2, 0.25) is 0 Å². The maximum absolute atomic E-state index is 11.7. The molecule has 1 heterocycles. The van der Waals surface area contributed by atoms with E-state index in [4.69, 9.17) is 4.74 Å². The zero-order valence-electron chi connectivity index (χ0n) is 14.9. The molecule has 4 heteroatoms. The molecule has 130 valence electrons. The minimum absolute atomic E-state index is 0.298. The van der Waals surface area contributed by atoms with E-state index in [9.17, 15) is 4.79 Å². The minimum Gasteiger partial charge on any atom is -0.465 e. The normalized spacial score (nSPS) is 13.6. The summed E-state index contributed by atoms with van der Waals surface area (Å²) in [5.41, 5.74) is 4.05. The minimum atomic E-state index is -0.315. The van der Waals surface area contributed by atoms with Crippen molar-refractivity contribution in [2.24, 2.45) is 0 Å². The number of ether oxygens (including phenoxy) is 1. The summed E-state index contributed by atoms with van der Waals surface area (Å²) < 4.78 is 4.78. The molecule has 0 saturated heterocycles. The summed E-state index contributed by atoms with van der Waals surface area (Å²) in [7, 11) is 1.40. The lowest BCUT2D eigenvalue weighted by Crippen LogP contribution is -2.30. The summed E-state index contributed by atoms with van der Waals surface area (Å²) in [5.74, 6) is -0.315. The number of rotatable bonds is 6. The number of H-pyrrole nitrogens is 1. The Balaban J connectivity index is 1.71. The van der Waals surface area contributed by atoms with E-state index in [-0.39, 0.29) is 5.97 Å². The van der Waals surface area contributed by atoms with Gasteiger partial charge in [-0.2, -0.15) is 0 Å². The van der Waals surface area contributed by atoms with Gasteiger partial charge in [-0.25, -0.2) is 4.79 Å². The summed E-state index contributed by atoms with van der Waals surface area (Å²) >= 11 is 0. The van der Waals surface area contributed by atoms with E-state index in [1.807, 2.05) is 30.5 Å². The summed E-state index contributed by atoms with van der Waals surface area (Å²) in [6, 6.07) is 16.7. The molecular weight excluding hydrogens is 312 g/mol. The first kappa shape index (κ1) is 17.2. The van der Waals surface area contributed by atoms with Gasteiger partial charge in [-0.1, -0.05) is 36.4 Å². The first-order valence-corrected chi connectivity index (χ1v) is 8.58. The lowest BCUT2D eigenvalue weighted by molar-refractivity contribution is 0.0601. The first-order chi connectivity index (χ1) is 12.1. The molecule has 2 N–H and O–H groups in total. The Morgan fingerprint density at radius 2 is 1.92 bits per heavy atom. The topological polar surface area (TPSA) is 54.1 Å². The Bertz CT molecular complexity index is 855. The smallest absolute Gasteiger partial charge is 0.337 e. The summed E-state index contributed by atoms with van der Waals surface area (Å²) in [4.78, 5) is 14.9. The molecule has 0 aliphatic rings. The number of hydrogen-bond acceptors (Lipinski definition) is 3. The van der Waals surface area contributed by atoms with Crippen LogP contribution in [0.15, 0.2) is 54.7 Å². The fourth-order valence-electron chi connectivity index (χ4n) is 3.25. The molecule has 3 rings (SSSR count). The molecule has 3 aromatic rings. The molecule has 0 radical (unpaired) electrons. The second-order valence-electron chi connectivity index (χ2n) is 6.47. The SMILES string of the molecule is COC(=O)c1ccc2c(CC(C)NC(C)c3ccccc3)c[nH]c2c1. The van der Waals surface area contributed by atoms with Crippen LogP contribution in [0.5, 0.6) is 0 Å². The van der Waals surface area contributed by atoms with Crippen LogP contribution in [-0.2, 0) is 11.2 Å². The van der Waals surface area contributed by atoms with Crippen molar-refractivity contribution in [2.75, 3.05) is 7.11 Å². The molecule has 0 fully saturated rings. The summed E-state index contributed by atoms with van der Waals surface area (Å²) in [6.07, 6.45) is 2.94. The van der Waals surface area contributed by atoms with Gasteiger partial charge < -0.3 is 15.0 Å². The van der Waals surface area contributed by atoms with E-state index in [1.165, 1.54) is 18.2 Å². The molecule has 0 spiro atoms. The Labute approximate surface area is 148 Å². The van der Waals surface area contributed by atoms with Crippen LogP contribution in [0, 0.1) is 0 Å². The van der Waals surface area contributed by atoms with Crippen molar-refractivity contribution in [3.63, 3.8) is 0 Å². The highest BCUT2D eigenvalue weighted by Gasteiger charge is 2.13. The van der Waals surface area contributed by atoms with Crippen LogP contribution in [0.4, 0.5) is 0 Å². The highest BCUT2D eigenvalue weighted by Crippen LogP contribution is 2.22. The van der Waals surface area contributed by atoms with Crippen LogP contribution in [0.25, 0.3) is 10.9 Å². The molecule has 2 unspecified atom stereocenters. The maximum atomic E-state index is 11.7. The average molecular weight is 336 g/mol. The number of methoxy groups -OCH3 is 1. The average Bonchev–Trinajstić information content (AvgIpc) is 3.03. The second-order valence-corrected chi connectivity index (χ2v) is 6.47. The highest BCUT2D eigenvalue weighted by molar-refractivity contribution is 5.95. The number of benzene rings is 2. The Morgan fingerprint density at radius 3 is 2.64 bits per heavy atom. The Morgan fingerprint density at radius 1 is 1.16 bits per heavy atom.